The predicted molar refractivity (Wildman–Crippen MR) is 90.6 cm³/mol. The van der Waals surface area contributed by atoms with Crippen LogP contribution in [0.25, 0.3) is 0 Å². The van der Waals surface area contributed by atoms with Crippen molar-refractivity contribution in [1.82, 2.24) is 9.80 Å². The zero-order valence-electron chi connectivity index (χ0n) is 12.8. The second kappa shape index (κ2) is 8.18. The molecule has 2 rings (SSSR count). The van der Waals surface area contributed by atoms with Crippen LogP contribution in [-0.4, -0.2) is 37.0 Å². The van der Waals surface area contributed by atoms with Crippen LogP contribution in [0.3, 0.4) is 0 Å². The van der Waals surface area contributed by atoms with Crippen LogP contribution in [0.15, 0.2) is 54.6 Å². The van der Waals surface area contributed by atoms with Crippen LogP contribution in [0, 0.1) is 0 Å². The van der Waals surface area contributed by atoms with Gasteiger partial charge in [-0.2, -0.15) is 0 Å². The van der Waals surface area contributed by atoms with Gasteiger partial charge < -0.3 is 4.90 Å². The molecule has 2 aromatic rings. The normalized spacial score (nSPS) is 11.3. The van der Waals surface area contributed by atoms with Gasteiger partial charge in [-0.25, -0.2) is 0 Å². The minimum atomic E-state index is 0.805. The summed E-state index contributed by atoms with van der Waals surface area (Å²) in [7, 11) is 4.22. The van der Waals surface area contributed by atoms with Crippen LogP contribution in [0.4, 0.5) is 0 Å². The van der Waals surface area contributed by atoms with Crippen molar-refractivity contribution in [3.8, 4) is 0 Å². The third-order valence-electron chi connectivity index (χ3n) is 3.41. The van der Waals surface area contributed by atoms with E-state index in [4.69, 9.17) is 11.6 Å². The molecule has 0 aliphatic carbocycles. The Bertz CT molecular complexity index is 540. The molecular formula is C18H23ClN2. The molecule has 21 heavy (non-hydrogen) atoms. The summed E-state index contributed by atoms with van der Waals surface area (Å²) in [6.07, 6.45) is 0. The molecule has 0 aliphatic rings. The molecule has 0 spiro atoms. The minimum Gasteiger partial charge on any atom is -0.308 e. The van der Waals surface area contributed by atoms with E-state index in [1.807, 2.05) is 12.1 Å². The van der Waals surface area contributed by atoms with E-state index in [1.165, 1.54) is 11.1 Å². The second-order valence-electron chi connectivity index (χ2n) is 5.63. The Kier molecular flexibility index (Phi) is 6.24. The maximum atomic E-state index is 6.09. The molecule has 0 aromatic heterocycles. The molecule has 2 nitrogen and oxygen atoms in total. The van der Waals surface area contributed by atoms with Gasteiger partial charge in [-0.3, -0.25) is 4.90 Å². The predicted octanol–water partition coefficient (Wildman–Crippen LogP) is 3.90. The number of nitrogens with zero attached hydrogens (tertiary/aromatic N) is 2. The first kappa shape index (κ1) is 16.0. The van der Waals surface area contributed by atoms with Crippen molar-refractivity contribution in [1.29, 1.82) is 0 Å². The quantitative estimate of drug-likeness (QED) is 0.765. The third-order valence-corrected chi connectivity index (χ3v) is 3.64. The topological polar surface area (TPSA) is 6.48 Å². The maximum Gasteiger partial charge on any atom is 0.0409 e. The number of likely N-dealkylation sites (N-methyl/N-ethyl adjacent to an activating group) is 1. The summed E-state index contributed by atoms with van der Waals surface area (Å²) in [5.41, 5.74) is 2.61. The zero-order chi connectivity index (χ0) is 15.1. The Morgan fingerprint density at radius 3 is 2.14 bits per heavy atom. The third kappa shape index (κ3) is 5.88. The van der Waals surface area contributed by atoms with Gasteiger partial charge in [-0.05, 0) is 37.4 Å². The minimum absolute atomic E-state index is 0.805. The number of hydrogen-bond acceptors (Lipinski definition) is 2. The summed E-state index contributed by atoms with van der Waals surface area (Å²) in [5, 5.41) is 0.805. The average Bonchev–Trinajstić information content (AvgIpc) is 2.46. The van der Waals surface area contributed by atoms with Gasteiger partial charge in [0.1, 0.15) is 0 Å². The molecule has 0 unspecified atom stereocenters. The van der Waals surface area contributed by atoms with Crippen molar-refractivity contribution < 1.29 is 0 Å². The highest BCUT2D eigenvalue weighted by Crippen LogP contribution is 2.14. The van der Waals surface area contributed by atoms with Crippen molar-refractivity contribution in [2.24, 2.45) is 0 Å². The number of benzene rings is 2. The van der Waals surface area contributed by atoms with Gasteiger partial charge in [0.2, 0.25) is 0 Å². The van der Waals surface area contributed by atoms with Gasteiger partial charge in [0.25, 0.3) is 0 Å². The van der Waals surface area contributed by atoms with Gasteiger partial charge in [0.05, 0.1) is 0 Å². The first-order valence-electron chi connectivity index (χ1n) is 7.29. The molecule has 0 radical (unpaired) electrons. The fourth-order valence-corrected chi connectivity index (χ4v) is 2.50. The number of hydrogen-bond donors (Lipinski definition) is 0. The summed E-state index contributed by atoms with van der Waals surface area (Å²) in [5.74, 6) is 0. The van der Waals surface area contributed by atoms with Crippen molar-refractivity contribution in [3.63, 3.8) is 0 Å². The van der Waals surface area contributed by atoms with Gasteiger partial charge in [-0.15, -0.1) is 0 Å². The lowest BCUT2D eigenvalue weighted by Gasteiger charge is -2.24. The molecule has 2 aromatic carbocycles. The highest BCUT2D eigenvalue weighted by Gasteiger charge is 2.08. The van der Waals surface area contributed by atoms with Crippen molar-refractivity contribution in [2.75, 3.05) is 27.2 Å². The largest absolute Gasteiger partial charge is 0.308 e. The fourth-order valence-electron chi connectivity index (χ4n) is 2.29. The van der Waals surface area contributed by atoms with Gasteiger partial charge in [-0.1, -0.05) is 54.1 Å². The van der Waals surface area contributed by atoms with E-state index in [1.54, 1.807) is 0 Å². The molecule has 3 heteroatoms. The van der Waals surface area contributed by atoms with E-state index < -0.39 is 0 Å². The van der Waals surface area contributed by atoms with Crippen LogP contribution >= 0.6 is 11.6 Å². The molecule has 0 N–H and O–H groups in total. The van der Waals surface area contributed by atoms with Crippen LogP contribution in [-0.2, 0) is 13.1 Å². The average molecular weight is 303 g/mol. The lowest BCUT2D eigenvalue weighted by molar-refractivity contribution is 0.226. The Labute approximate surface area is 133 Å². The van der Waals surface area contributed by atoms with Crippen LogP contribution < -0.4 is 0 Å². The van der Waals surface area contributed by atoms with Gasteiger partial charge in [0.15, 0.2) is 0 Å². The van der Waals surface area contributed by atoms with Crippen LogP contribution in [0.5, 0.6) is 0 Å². The van der Waals surface area contributed by atoms with Gasteiger partial charge in [0, 0.05) is 31.2 Å². The van der Waals surface area contributed by atoms with E-state index in [9.17, 15) is 0 Å². The van der Waals surface area contributed by atoms with E-state index >= 15 is 0 Å². The van der Waals surface area contributed by atoms with Crippen molar-refractivity contribution in [2.45, 2.75) is 13.1 Å². The monoisotopic (exact) mass is 302 g/mol. The second-order valence-corrected chi connectivity index (χ2v) is 6.07. The highest BCUT2D eigenvalue weighted by atomic mass is 35.5. The Morgan fingerprint density at radius 2 is 1.48 bits per heavy atom. The summed E-state index contributed by atoms with van der Waals surface area (Å²) in [4.78, 5) is 4.68. The molecule has 0 amide bonds. The molecule has 0 bridgehead atoms. The first-order valence-corrected chi connectivity index (χ1v) is 7.67. The molecule has 0 heterocycles. The lowest BCUT2D eigenvalue weighted by Crippen LogP contribution is -2.31. The van der Waals surface area contributed by atoms with E-state index in [0.29, 0.717) is 0 Å². The molecule has 0 saturated carbocycles. The first-order chi connectivity index (χ1) is 10.1. The van der Waals surface area contributed by atoms with Crippen molar-refractivity contribution in [3.05, 3.63) is 70.7 Å². The van der Waals surface area contributed by atoms with E-state index in [0.717, 1.165) is 31.2 Å². The number of rotatable bonds is 7. The Balaban J connectivity index is 2.04. The molecule has 0 fully saturated rings. The summed E-state index contributed by atoms with van der Waals surface area (Å²) in [6.45, 7) is 3.96. The molecule has 112 valence electrons. The smallest absolute Gasteiger partial charge is 0.0409 e. The summed E-state index contributed by atoms with van der Waals surface area (Å²) in [6, 6.07) is 18.7. The lowest BCUT2D eigenvalue weighted by atomic mass is 10.1. The molecule has 0 atom stereocenters. The highest BCUT2D eigenvalue weighted by molar-refractivity contribution is 6.30. The van der Waals surface area contributed by atoms with Crippen molar-refractivity contribution >= 4 is 11.6 Å². The molecule has 0 saturated heterocycles. The zero-order valence-corrected chi connectivity index (χ0v) is 13.6. The van der Waals surface area contributed by atoms with E-state index in [2.05, 4.69) is 66.4 Å². The van der Waals surface area contributed by atoms with E-state index in [-0.39, 0.29) is 0 Å². The number of halogens is 1. The standard InChI is InChI=1S/C18H23ClN2/c1-20(2)11-12-21(14-16-7-4-3-5-8-16)15-17-9-6-10-18(19)13-17/h3-10,13H,11-12,14-15H2,1-2H3. The SMILES string of the molecule is CN(C)CCN(Cc1ccccc1)Cc1cccc(Cl)c1. The molecular weight excluding hydrogens is 280 g/mol. The molecule has 0 aliphatic heterocycles. The summed E-state index contributed by atoms with van der Waals surface area (Å²) < 4.78 is 0. The van der Waals surface area contributed by atoms with Crippen LogP contribution in [0.2, 0.25) is 5.02 Å². The fraction of sp³-hybridized carbons (Fsp3) is 0.333. The maximum absolute atomic E-state index is 6.09. The van der Waals surface area contributed by atoms with Gasteiger partial charge >= 0.3 is 0 Å². The Morgan fingerprint density at radius 1 is 0.810 bits per heavy atom. The Hall–Kier alpha value is -1.35. The summed E-state index contributed by atoms with van der Waals surface area (Å²) >= 11 is 6.09. The van der Waals surface area contributed by atoms with Crippen LogP contribution in [0.1, 0.15) is 11.1 Å².